The summed E-state index contributed by atoms with van der Waals surface area (Å²) in [6.45, 7) is 0.793. The smallest absolute Gasteiger partial charge is 0.193 e. The first-order valence-corrected chi connectivity index (χ1v) is 5.39. The topological polar surface area (TPSA) is 39.9 Å². The largest absolute Gasteiger partial charge is 1.00 e. The van der Waals surface area contributed by atoms with Crippen LogP contribution in [-0.4, -0.2) is 16.7 Å². The van der Waals surface area contributed by atoms with Crippen molar-refractivity contribution in [2.75, 3.05) is 6.61 Å². The van der Waals surface area contributed by atoms with Crippen molar-refractivity contribution in [2.24, 2.45) is 0 Å². The standard InChI is InChI=1S/C13H12N2O.HI/c16-8-7-15-6-5-11-10-3-1-2-4-12(10)14-13(11)9-15;/h1-6,9,16H,7-8H2;1H. The maximum Gasteiger partial charge on any atom is 0.193 e. The molecule has 0 aliphatic heterocycles. The van der Waals surface area contributed by atoms with Crippen LogP contribution < -0.4 is 28.5 Å². The van der Waals surface area contributed by atoms with Gasteiger partial charge in [-0.1, -0.05) is 18.2 Å². The molecule has 2 aromatic heterocycles. The second-order valence-corrected chi connectivity index (χ2v) is 3.90. The number of rotatable bonds is 2. The van der Waals surface area contributed by atoms with E-state index in [0.717, 1.165) is 11.0 Å². The van der Waals surface area contributed by atoms with Gasteiger partial charge in [0, 0.05) is 22.4 Å². The number of aromatic amines is 1. The highest BCUT2D eigenvalue weighted by Crippen LogP contribution is 2.23. The van der Waals surface area contributed by atoms with Gasteiger partial charge in [-0.3, -0.25) is 0 Å². The lowest BCUT2D eigenvalue weighted by molar-refractivity contribution is -0.696. The van der Waals surface area contributed by atoms with Crippen molar-refractivity contribution in [3.8, 4) is 0 Å². The van der Waals surface area contributed by atoms with E-state index in [4.69, 9.17) is 5.11 Å². The van der Waals surface area contributed by atoms with Crippen molar-refractivity contribution < 1.29 is 33.7 Å². The number of hydrogen-bond donors (Lipinski definition) is 2. The highest BCUT2D eigenvalue weighted by Gasteiger charge is 2.07. The van der Waals surface area contributed by atoms with Crippen molar-refractivity contribution in [1.82, 2.24) is 4.98 Å². The summed E-state index contributed by atoms with van der Waals surface area (Å²) in [5.74, 6) is 0. The zero-order valence-corrected chi connectivity index (χ0v) is 11.4. The zero-order chi connectivity index (χ0) is 11.0. The summed E-state index contributed by atoms with van der Waals surface area (Å²) in [7, 11) is 0. The van der Waals surface area contributed by atoms with Gasteiger partial charge in [-0.15, -0.1) is 0 Å². The van der Waals surface area contributed by atoms with E-state index in [1.54, 1.807) is 0 Å². The van der Waals surface area contributed by atoms with Gasteiger partial charge in [0.05, 0.1) is 0 Å². The molecular weight excluding hydrogens is 327 g/mol. The Labute approximate surface area is 116 Å². The molecule has 0 aliphatic rings. The maximum absolute atomic E-state index is 8.90. The number of H-pyrrole nitrogens is 1. The van der Waals surface area contributed by atoms with E-state index in [2.05, 4.69) is 23.2 Å². The molecule has 2 N–H and O–H groups in total. The first-order chi connectivity index (χ1) is 7.88. The normalized spacial score (nSPS) is 10.6. The maximum atomic E-state index is 8.90. The van der Waals surface area contributed by atoms with Crippen molar-refractivity contribution in [2.45, 2.75) is 6.54 Å². The number of para-hydroxylation sites is 1. The van der Waals surface area contributed by atoms with Gasteiger partial charge in [-0.05, 0) is 6.07 Å². The predicted molar refractivity (Wildman–Crippen MR) is 63.1 cm³/mol. The number of nitrogens with one attached hydrogen (secondary N) is 1. The van der Waals surface area contributed by atoms with Gasteiger partial charge >= 0.3 is 0 Å². The fraction of sp³-hybridized carbons (Fsp3) is 0.154. The summed E-state index contributed by atoms with van der Waals surface area (Å²) in [5, 5.41) is 11.4. The predicted octanol–water partition coefficient (Wildman–Crippen LogP) is -1.40. The highest BCUT2D eigenvalue weighted by molar-refractivity contribution is 6.06. The van der Waals surface area contributed by atoms with E-state index in [-0.39, 0.29) is 30.6 Å². The lowest BCUT2D eigenvalue weighted by Crippen LogP contribution is -3.00. The number of benzene rings is 1. The first kappa shape index (κ1) is 12.3. The minimum Gasteiger partial charge on any atom is -1.00 e. The van der Waals surface area contributed by atoms with E-state index in [1.165, 1.54) is 10.8 Å². The molecule has 3 aromatic rings. The molecule has 0 bridgehead atoms. The van der Waals surface area contributed by atoms with Crippen LogP contribution in [0.1, 0.15) is 0 Å². The van der Waals surface area contributed by atoms with E-state index in [0.29, 0.717) is 6.54 Å². The van der Waals surface area contributed by atoms with E-state index in [1.807, 2.05) is 29.1 Å². The number of fused-ring (bicyclic) bond motifs is 3. The van der Waals surface area contributed by atoms with Crippen molar-refractivity contribution in [3.63, 3.8) is 0 Å². The second kappa shape index (κ2) is 5.01. The number of aromatic nitrogens is 2. The Morgan fingerprint density at radius 3 is 2.65 bits per heavy atom. The average molecular weight is 340 g/mol. The third-order valence-electron chi connectivity index (χ3n) is 2.86. The molecule has 17 heavy (non-hydrogen) atoms. The molecule has 2 heterocycles. The average Bonchev–Trinajstić information content (AvgIpc) is 2.67. The molecular formula is C13H13IN2O. The quantitative estimate of drug-likeness (QED) is 0.438. The lowest BCUT2D eigenvalue weighted by atomic mass is 10.2. The van der Waals surface area contributed by atoms with Gasteiger partial charge in [-0.25, -0.2) is 4.57 Å². The molecule has 0 saturated carbocycles. The summed E-state index contributed by atoms with van der Waals surface area (Å²) in [5.41, 5.74) is 2.26. The van der Waals surface area contributed by atoms with Crippen LogP contribution >= 0.6 is 0 Å². The fourth-order valence-electron chi connectivity index (χ4n) is 2.10. The summed E-state index contributed by atoms with van der Waals surface area (Å²) in [6.07, 6.45) is 4.03. The molecule has 0 unspecified atom stereocenters. The number of halogens is 1. The molecule has 0 saturated heterocycles. The molecule has 0 spiro atoms. The highest BCUT2D eigenvalue weighted by atomic mass is 127. The Balaban J connectivity index is 0.00000108. The van der Waals surface area contributed by atoms with E-state index >= 15 is 0 Å². The second-order valence-electron chi connectivity index (χ2n) is 3.90. The van der Waals surface area contributed by atoms with Gasteiger partial charge in [0.15, 0.2) is 18.9 Å². The molecule has 0 atom stereocenters. The molecule has 0 fully saturated rings. The monoisotopic (exact) mass is 340 g/mol. The minimum atomic E-state index is 0. The van der Waals surface area contributed by atoms with Crippen LogP contribution in [0.15, 0.2) is 42.7 Å². The molecule has 0 amide bonds. The van der Waals surface area contributed by atoms with Crippen LogP contribution in [0.4, 0.5) is 0 Å². The number of hydrogen-bond acceptors (Lipinski definition) is 1. The molecule has 3 rings (SSSR count). The Kier molecular flexibility index (Phi) is 3.63. The van der Waals surface area contributed by atoms with Crippen LogP contribution in [0.2, 0.25) is 0 Å². The van der Waals surface area contributed by atoms with Gasteiger partial charge < -0.3 is 34.1 Å². The SMILES string of the molecule is OCC[n+]1ccc2c(c1)[nH]c1ccccc12.[I-]. The molecule has 0 radical (unpaired) electrons. The molecule has 0 aliphatic carbocycles. The van der Waals surface area contributed by atoms with E-state index < -0.39 is 0 Å². The molecule has 1 aromatic carbocycles. The number of nitrogens with zero attached hydrogens (tertiary/aromatic N) is 1. The van der Waals surface area contributed by atoms with Crippen molar-refractivity contribution >= 4 is 21.8 Å². The fourth-order valence-corrected chi connectivity index (χ4v) is 2.10. The van der Waals surface area contributed by atoms with Crippen LogP contribution in [0.25, 0.3) is 21.8 Å². The third kappa shape index (κ3) is 2.14. The minimum absolute atomic E-state index is 0. The van der Waals surface area contributed by atoms with Crippen molar-refractivity contribution in [3.05, 3.63) is 42.7 Å². The van der Waals surface area contributed by atoms with Crippen LogP contribution in [0.5, 0.6) is 0 Å². The molecule has 3 nitrogen and oxygen atoms in total. The van der Waals surface area contributed by atoms with Crippen molar-refractivity contribution in [1.29, 1.82) is 0 Å². The summed E-state index contributed by atoms with van der Waals surface area (Å²) in [6, 6.07) is 10.4. The van der Waals surface area contributed by atoms with Gasteiger partial charge in [0.2, 0.25) is 0 Å². The summed E-state index contributed by atoms with van der Waals surface area (Å²) >= 11 is 0. The van der Waals surface area contributed by atoms with Crippen LogP contribution in [-0.2, 0) is 6.54 Å². The molecule has 88 valence electrons. The van der Waals surface area contributed by atoms with Gasteiger partial charge in [0.25, 0.3) is 0 Å². The molecule has 4 heteroatoms. The van der Waals surface area contributed by atoms with Crippen LogP contribution in [0, 0.1) is 0 Å². The third-order valence-corrected chi connectivity index (χ3v) is 2.86. The number of aliphatic hydroxyl groups is 1. The summed E-state index contributed by atoms with van der Waals surface area (Å²) in [4.78, 5) is 3.37. The van der Waals surface area contributed by atoms with Gasteiger partial charge in [-0.2, -0.15) is 0 Å². The Hall–Kier alpha value is -1.14. The van der Waals surface area contributed by atoms with Crippen LogP contribution in [0.3, 0.4) is 0 Å². The zero-order valence-electron chi connectivity index (χ0n) is 9.23. The van der Waals surface area contributed by atoms with E-state index in [9.17, 15) is 0 Å². The Morgan fingerprint density at radius 2 is 1.82 bits per heavy atom. The Bertz CT molecular complexity index is 648. The first-order valence-electron chi connectivity index (χ1n) is 5.39. The lowest BCUT2D eigenvalue weighted by Gasteiger charge is -1.93. The Morgan fingerprint density at radius 1 is 1.06 bits per heavy atom. The number of pyridine rings is 1. The van der Waals surface area contributed by atoms with Gasteiger partial charge in [0.1, 0.15) is 12.1 Å². The number of aliphatic hydroxyl groups excluding tert-OH is 1. The summed E-state index contributed by atoms with van der Waals surface area (Å²) < 4.78 is 1.98.